The molecule has 0 spiro atoms. The molecule has 2 aromatic rings. The standard InChI is InChI=1S/C16H20N4O2/c1-11-8-14(18-17-11)13-4-3-6-20(10-13)16(22)12-5-7-19(2)15(21)9-12/h5,7-9,13H,3-4,6,10H2,1-2H3,(H,17,18)/t13-/m0/s1. The van der Waals surface area contributed by atoms with E-state index in [-0.39, 0.29) is 17.4 Å². The number of H-pyrrole nitrogens is 1. The molecule has 0 aromatic carbocycles. The molecule has 0 unspecified atom stereocenters. The van der Waals surface area contributed by atoms with Crippen molar-refractivity contribution in [3.63, 3.8) is 0 Å². The van der Waals surface area contributed by atoms with Crippen molar-refractivity contribution >= 4 is 5.91 Å². The molecule has 1 fully saturated rings. The molecule has 1 aliphatic heterocycles. The Morgan fingerprint density at radius 2 is 2.23 bits per heavy atom. The maximum Gasteiger partial charge on any atom is 0.254 e. The number of nitrogens with zero attached hydrogens (tertiary/aromatic N) is 3. The Morgan fingerprint density at radius 3 is 2.91 bits per heavy atom. The summed E-state index contributed by atoms with van der Waals surface area (Å²) < 4.78 is 1.46. The van der Waals surface area contributed by atoms with E-state index < -0.39 is 0 Å². The van der Waals surface area contributed by atoms with Crippen LogP contribution in [-0.2, 0) is 7.05 Å². The summed E-state index contributed by atoms with van der Waals surface area (Å²) in [5, 5.41) is 7.27. The number of pyridine rings is 1. The fourth-order valence-electron chi connectivity index (χ4n) is 2.92. The van der Waals surface area contributed by atoms with Crippen molar-refractivity contribution in [2.45, 2.75) is 25.7 Å². The van der Waals surface area contributed by atoms with Gasteiger partial charge in [0.15, 0.2) is 0 Å². The third-order valence-electron chi connectivity index (χ3n) is 4.20. The van der Waals surface area contributed by atoms with Gasteiger partial charge >= 0.3 is 0 Å². The molecular formula is C16H20N4O2. The van der Waals surface area contributed by atoms with E-state index >= 15 is 0 Å². The van der Waals surface area contributed by atoms with E-state index in [2.05, 4.69) is 10.2 Å². The largest absolute Gasteiger partial charge is 0.338 e. The van der Waals surface area contributed by atoms with Gasteiger partial charge in [-0.2, -0.15) is 5.10 Å². The number of aromatic nitrogens is 3. The average molecular weight is 300 g/mol. The number of hydrogen-bond acceptors (Lipinski definition) is 3. The predicted octanol–water partition coefficient (Wildman–Crippen LogP) is 1.44. The molecule has 1 atom stereocenters. The van der Waals surface area contributed by atoms with Crippen LogP contribution in [0.3, 0.4) is 0 Å². The molecule has 0 radical (unpaired) electrons. The molecular weight excluding hydrogens is 280 g/mol. The number of likely N-dealkylation sites (tertiary alicyclic amines) is 1. The fourth-order valence-corrected chi connectivity index (χ4v) is 2.92. The molecule has 0 aliphatic carbocycles. The number of rotatable bonds is 2. The Hall–Kier alpha value is -2.37. The normalized spacial score (nSPS) is 18.5. The lowest BCUT2D eigenvalue weighted by Crippen LogP contribution is -2.39. The smallest absolute Gasteiger partial charge is 0.254 e. The first-order chi connectivity index (χ1) is 10.5. The zero-order valence-corrected chi connectivity index (χ0v) is 12.9. The zero-order chi connectivity index (χ0) is 15.7. The van der Waals surface area contributed by atoms with Crippen LogP contribution in [0.2, 0.25) is 0 Å². The molecule has 1 amide bonds. The second kappa shape index (κ2) is 5.79. The van der Waals surface area contributed by atoms with Crippen LogP contribution in [0.15, 0.2) is 29.2 Å². The van der Waals surface area contributed by atoms with Gasteiger partial charge in [0.05, 0.1) is 5.69 Å². The van der Waals surface area contributed by atoms with Crippen molar-refractivity contribution in [1.29, 1.82) is 0 Å². The van der Waals surface area contributed by atoms with Crippen molar-refractivity contribution in [1.82, 2.24) is 19.7 Å². The molecule has 6 heteroatoms. The topological polar surface area (TPSA) is 71.0 Å². The summed E-state index contributed by atoms with van der Waals surface area (Å²) >= 11 is 0. The van der Waals surface area contributed by atoms with Gasteiger partial charge in [-0.1, -0.05) is 0 Å². The number of amides is 1. The van der Waals surface area contributed by atoms with E-state index in [0.717, 1.165) is 30.8 Å². The van der Waals surface area contributed by atoms with Gasteiger partial charge in [-0.05, 0) is 31.9 Å². The second-order valence-corrected chi connectivity index (χ2v) is 5.93. The Kier molecular flexibility index (Phi) is 3.83. The van der Waals surface area contributed by atoms with E-state index in [1.165, 1.54) is 10.6 Å². The van der Waals surface area contributed by atoms with Crippen molar-refractivity contribution < 1.29 is 4.79 Å². The number of hydrogen-bond donors (Lipinski definition) is 1. The molecule has 22 heavy (non-hydrogen) atoms. The highest BCUT2D eigenvalue weighted by molar-refractivity contribution is 5.94. The minimum atomic E-state index is -0.165. The summed E-state index contributed by atoms with van der Waals surface area (Å²) in [6.45, 7) is 3.36. The lowest BCUT2D eigenvalue weighted by molar-refractivity contribution is 0.0705. The first-order valence-electron chi connectivity index (χ1n) is 7.52. The minimum Gasteiger partial charge on any atom is -0.338 e. The number of aryl methyl sites for hydroxylation is 2. The van der Waals surface area contributed by atoms with Gasteiger partial charge in [0.1, 0.15) is 0 Å². The average Bonchev–Trinajstić information content (AvgIpc) is 2.96. The SMILES string of the molecule is Cc1cc([C@H]2CCCN(C(=O)c3ccn(C)c(=O)c3)C2)n[nH]1. The Labute approximate surface area is 128 Å². The third kappa shape index (κ3) is 2.81. The Morgan fingerprint density at radius 1 is 1.41 bits per heavy atom. The molecule has 1 aliphatic rings. The maximum atomic E-state index is 12.6. The summed E-state index contributed by atoms with van der Waals surface area (Å²) in [4.78, 5) is 26.1. The summed E-state index contributed by atoms with van der Waals surface area (Å²) in [5.41, 5.74) is 2.34. The first kappa shape index (κ1) is 14.6. The predicted molar refractivity (Wildman–Crippen MR) is 82.9 cm³/mol. The molecule has 3 rings (SSSR count). The minimum absolute atomic E-state index is 0.0744. The highest BCUT2D eigenvalue weighted by Gasteiger charge is 2.27. The van der Waals surface area contributed by atoms with E-state index in [0.29, 0.717) is 12.1 Å². The van der Waals surface area contributed by atoms with Gasteiger partial charge in [-0.3, -0.25) is 14.7 Å². The number of carbonyl (C=O) groups excluding carboxylic acids is 1. The molecule has 1 N–H and O–H groups in total. The van der Waals surface area contributed by atoms with Gasteiger partial charge in [0.25, 0.3) is 11.5 Å². The summed E-state index contributed by atoms with van der Waals surface area (Å²) in [5.74, 6) is 0.184. The summed E-state index contributed by atoms with van der Waals surface area (Å²) in [7, 11) is 1.67. The van der Waals surface area contributed by atoms with E-state index in [9.17, 15) is 9.59 Å². The molecule has 3 heterocycles. The van der Waals surface area contributed by atoms with Crippen molar-refractivity contribution in [3.05, 3.63) is 51.7 Å². The Bertz CT molecular complexity index is 747. The van der Waals surface area contributed by atoms with Crippen LogP contribution in [0.5, 0.6) is 0 Å². The van der Waals surface area contributed by atoms with Crippen LogP contribution in [-0.4, -0.2) is 38.7 Å². The quantitative estimate of drug-likeness (QED) is 0.912. The number of carbonyl (C=O) groups is 1. The fraction of sp³-hybridized carbons (Fsp3) is 0.438. The van der Waals surface area contributed by atoms with Gasteiger partial charge in [-0.15, -0.1) is 0 Å². The third-order valence-corrected chi connectivity index (χ3v) is 4.20. The van der Waals surface area contributed by atoms with Gasteiger partial charge in [0.2, 0.25) is 0 Å². The molecule has 1 saturated heterocycles. The second-order valence-electron chi connectivity index (χ2n) is 5.93. The molecule has 0 bridgehead atoms. The number of nitrogens with one attached hydrogen (secondary N) is 1. The van der Waals surface area contributed by atoms with Crippen LogP contribution in [0.1, 0.15) is 40.5 Å². The lowest BCUT2D eigenvalue weighted by atomic mass is 9.94. The van der Waals surface area contributed by atoms with Crippen LogP contribution in [0.25, 0.3) is 0 Å². The number of piperidine rings is 1. The van der Waals surface area contributed by atoms with Gasteiger partial charge in [-0.25, -0.2) is 0 Å². The van der Waals surface area contributed by atoms with E-state index in [4.69, 9.17) is 0 Å². The highest BCUT2D eigenvalue weighted by atomic mass is 16.2. The number of aromatic amines is 1. The van der Waals surface area contributed by atoms with Gasteiger partial charge < -0.3 is 9.47 Å². The lowest BCUT2D eigenvalue weighted by Gasteiger charge is -2.32. The van der Waals surface area contributed by atoms with Crippen LogP contribution in [0.4, 0.5) is 0 Å². The molecule has 0 saturated carbocycles. The van der Waals surface area contributed by atoms with Crippen molar-refractivity contribution in [2.75, 3.05) is 13.1 Å². The highest BCUT2D eigenvalue weighted by Crippen LogP contribution is 2.26. The molecule has 116 valence electrons. The maximum absolute atomic E-state index is 12.6. The zero-order valence-electron chi connectivity index (χ0n) is 12.9. The van der Waals surface area contributed by atoms with Crippen molar-refractivity contribution in [3.8, 4) is 0 Å². The van der Waals surface area contributed by atoms with E-state index in [1.807, 2.05) is 17.9 Å². The summed E-state index contributed by atoms with van der Waals surface area (Å²) in [6.07, 6.45) is 3.62. The van der Waals surface area contributed by atoms with Crippen LogP contribution < -0.4 is 5.56 Å². The first-order valence-corrected chi connectivity index (χ1v) is 7.52. The monoisotopic (exact) mass is 300 g/mol. The van der Waals surface area contributed by atoms with Crippen LogP contribution >= 0.6 is 0 Å². The molecule has 6 nitrogen and oxygen atoms in total. The summed E-state index contributed by atoms with van der Waals surface area (Å²) in [6, 6.07) is 5.15. The van der Waals surface area contributed by atoms with Crippen LogP contribution in [0, 0.1) is 6.92 Å². The Balaban J connectivity index is 1.77. The van der Waals surface area contributed by atoms with E-state index in [1.54, 1.807) is 19.3 Å². The molecule has 2 aromatic heterocycles. The van der Waals surface area contributed by atoms with Gasteiger partial charge in [0, 0.05) is 49.6 Å². The van der Waals surface area contributed by atoms with Crippen molar-refractivity contribution in [2.24, 2.45) is 7.05 Å².